The van der Waals surface area contributed by atoms with Crippen molar-refractivity contribution in [1.82, 2.24) is 5.43 Å². The predicted octanol–water partition coefficient (Wildman–Crippen LogP) is 5.26. The highest BCUT2D eigenvalue weighted by Crippen LogP contribution is 2.24. The van der Waals surface area contributed by atoms with Crippen molar-refractivity contribution in [3.05, 3.63) is 63.8 Å². The zero-order chi connectivity index (χ0) is 19.5. The van der Waals surface area contributed by atoms with Crippen LogP contribution in [0.5, 0.6) is 0 Å². The van der Waals surface area contributed by atoms with Crippen molar-refractivity contribution in [2.75, 3.05) is 18.0 Å². The van der Waals surface area contributed by atoms with Gasteiger partial charge in [0.25, 0.3) is 0 Å². The number of piperidine rings is 1. The number of rotatable bonds is 4. The molecule has 1 fully saturated rings. The maximum atomic E-state index is 12.3. The summed E-state index contributed by atoms with van der Waals surface area (Å²) in [6.45, 7) is 4.31. The minimum absolute atomic E-state index is 0.238. The minimum atomic E-state index is -0.369. The van der Waals surface area contributed by atoms with Gasteiger partial charge in [0.2, 0.25) is 0 Å². The lowest BCUT2D eigenvalue weighted by atomic mass is 10.1. The number of hydrogen-bond donors (Lipinski definition) is 1. The van der Waals surface area contributed by atoms with E-state index in [1.807, 2.05) is 24.3 Å². The maximum Gasteiger partial charge on any atom is 0.307 e. The van der Waals surface area contributed by atoms with Gasteiger partial charge in [-0.2, -0.15) is 5.10 Å². The number of nitrogens with one attached hydrogen (secondary N) is 1. The highest BCUT2D eigenvalue weighted by Gasteiger charge is 2.13. The second-order valence-electron chi connectivity index (χ2n) is 7.08. The number of nitrogens with zero attached hydrogens (tertiary/aromatic N) is 2. The zero-order valence-corrected chi connectivity index (χ0v) is 17.3. The SMILES string of the molecule is Cc1cc(N2CCCCC2)ccc1C=NNC(=O)c1cc2cc(Br)ccc2o1. The van der Waals surface area contributed by atoms with Crippen LogP contribution in [0.2, 0.25) is 0 Å². The van der Waals surface area contributed by atoms with Crippen molar-refractivity contribution in [2.24, 2.45) is 5.10 Å². The van der Waals surface area contributed by atoms with Crippen LogP contribution in [0.4, 0.5) is 5.69 Å². The third-order valence-electron chi connectivity index (χ3n) is 5.05. The molecule has 1 aliphatic rings. The lowest BCUT2D eigenvalue weighted by molar-refractivity contribution is 0.0929. The van der Waals surface area contributed by atoms with Crippen molar-refractivity contribution in [1.29, 1.82) is 0 Å². The number of carbonyl (C=O) groups is 1. The molecule has 0 radical (unpaired) electrons. The smallest absolute Gasteiger partial charge is 0.307 e. The molecule has 0 bridgehead atoms. The third kappa shape index (κ3) is 4.12. The molecule has 1 amide bonds. The molecule has 1 aromatic heterocycles. The predicted molar refractivity (Wildman–Crippen MR) is 116 cm³/mol. The van der Waals surface area contributed by atoms with Gasteiger partial charge in [0.1, 0.15) is 5.58 Å². The molecule has 144 valence electrons. The largest absolute Gasteiger partial charge is 0.451 e. The third-order valence-corrected chi connectivity index (χ3v) is 5.54. The van der Waals surface area contributed by atoms with E-state index in [2.05, 4.69) is 50.4 Å². The van der Waals surface area contributed by atoms with Crippen LogP contribution in [-0.2, 0) is 0 Å². The Bertz CT molecular complexity index is 1040. The maximum absolute atomic E-state index is 12.3. The molecule has 2 heterocycles. The molecular formula is C22H22BrN3O2. The number of anilines is 1. The molecule has 28 heavy (non-hydrogen) atoms. The summed E-state index contributed by atoms with van der Waals surface area (Å²) in [7, 11) is 0. The monoisotopic (exact) mass is 439 g/mol. The van der Waals surface area contributed by atoms with Gasteiger partial charge >= 0.3 is 5.91 Å². The fourth-order valence-corrected chi connectivity index (χ4v) is 3.87. The Morgan fingerprint density at radius 1 is 1.14 bits per heavy atom. The Kier molecular flexibility index (Phi) is 5.48. The lowest BCUT2D eigenvalue weighted by Gasteiger charge is -2.29. The number of halogens is 1. The Morgan fingerprint density at radius 2 is 1.96 bits per heavy atom. The fraction of sp³-hybridized carbons (Fsp3) is 0.273. The number of amides is 1. The van der Waals surface area contributed by atoms with Gasteiger partial charge in [0.15, 0.2) is 5.76 Å². The molecular weight excluding hydrogens is 418 g/mol. The van der Waals surface area contributed by atoms with E-state index >= 15 is 0 Å². The summed E-state index contributed by atoms with van der Waals surface area (Å²) < 4.78 is 6.52. The first kappa shape index (κ1) is 18.7. The second-order valence-corrected chi connectivity index (χ2v) is 8.00. The van der Waals surface area contributed by atoms with E-state index in [1.165, 1.54) is 24.9 Å². The average Bonchev–Trinajstić information content (AvgIpc) is 3.13. The van der Waals surface area contributed by atoms with Gasteiger partial charge < -0.3 is 9.32 Å². The molecule has 0 atom stereocenters. The highest BCUT2D eigenvalue weighted by molar-refractivity contribution is 9.10. The normalized spacial score (nSPS) is 14.7. The second kappa shape index (κ2) is 8.19. The molecule has 4 rings (SSSR count). The number of benzene rings is 2. The summed E-state index contributed by atoms with van der Waals surface area (Å²) in [6.07, 6.45) is 5.51. The van der Waals surface area contributed by atoms with Crippen LogP contribution in [0, 0.1) is 6.92 Å². The Labute approximate surface area is 172 Å². The van der Waals surface area contributed by atoms with Crippen LogP contribution in [0.1, 0.15) is 40.9 Å². The summed E-state index contributed by atoms with van der Waals surface area (Å²) in [5, 5.41) is 4.97. The first-order chi connectivity index (χ1) is 13.6. The zero-order valence-electron chi connectivity index (χ0n) is 15.7. The molecule has 1 N–H and O–H groups in total. The van der Waals surface area contributed by atoms with E-state index < -0.39 is 0 Å². The van der Waals surface area contributed by atoms with E-state index in [1.54, 1.807) is 12.3 Å². The molecule has 6 heteroatoms. The lowest BCUT2D eigenvalue weighted by Crippen LogP contribution is -2.29. The highest BCUT2D eigenvalue weighted by atomic mass is 79.9. The van der Waals surface area contributed by atoms with Crippen LogP contribution in [0.15, 0.2) is 56.5 Å². The Hall–Kier alpha value is -2.60. The number of hydrogen-bond acceptors (Lipinski definition) is 4. The van der Waals surface area contributed by atoms with Gasteiger partial charge in [-0.15, -0.1) is 0 Å². The van der Waals surface area contributed by atoms with Crippen molar-refractivity contribution in [3.63, 3.8) is 0 Å². The van der Waals surface area contributed by atoms with Gasteiger partial charge in [-0.1, -0.05) is 22.0 Å². The van der Waals surface area contributed by atoms with Crippen LogP contribution >= 0.6 is 15.9 Å². The molecule has 5 nitrogen and oxygen atoms in total. The van der Waals surface area contributed by atoms with Crippen molar-refractivity contribution < 1.29 is 9.21 Å². The van der Waals surface area contributed by atoms with Crippen LogP contribution in [-0.4, -0.2) is 25.2 Å². The van der Waals surface area contributed by atoms with E-state index in [0.717, 1.165) is 34.1 Å². The molecule has 3 aromatic rings. The number of carbonyl (C=O) groups excluding carboxylic acids is 1. The van der Waals surface area contributed by atoms with E-state index in [-0.39, 0.29) is 11.7 Å². The number of furan rings is 1. The summed E-state index contributed by atoms with van der Waals surface area (Å²) >= 11 is 3.41. The van der Waals surface area contributed by atoms with Gasteiger partial charge in [0.05, 0.1) is 6.21 Å². The first-order valence-electron chi connectivity index (χ1n) is 9.48. The summed E-state index contributed by atoms with van der Waals surface area (Å²) in [4.78, 5) is 14.7. The number of aryl methyl sites for hydroxylation is 1. The van der Waals surface area contributed by atoms with Crippen molar-refractivity contribution in [2.45, 2.75) is 26.2 Å². The quantitative estimate of drug-likeness (QED) is 0.445. The molecule has 2 aromatic carbocycles. The summed E-state index contributed by atoms with van der Waals surface area (Å²) in [5.41, 5.74) is 6.58. The van der Waals surface area contributed by atoms with Crippen molar-refractivity contribution in [3.8, 4) is 0 Å². The van der Waals surface area contributed by atoms with Crippen LogP contribution in [0.3, 0.4) is 0 Å². The summed E-state index contributed by atoms with van der Waals surface area (Å²) in [6, 6.07) is 13.7. The number of fused-ring (bicyclic) bond motifs is 1. The van der Waals surface area contributed by atoms with Gasteiger partial charge in [-0.3, -0.25) is 4.79 Å². The molecule has 1 saturated heterocycles. The van der Waals surface area contributed by atoms with Gasteiger partial charge in [0, 0.05) is 28.6 Å². The average molecular weight is 440 g/mol. The molecule has 0 spiro atoms. The van der Waals surface area contributed by atoms with Crippen LogP contribution in [0.25, 0.3) is 11.0 Å². The van der Waals surface area contributed by atoms with Crippen molar-refractivity contribution >= 4 is 44.7 Å². The van der Waals surface area contributed by atoms with E-state index in [9.17, 15) is 4.79 Å². The van der Waals surface area contributed by atoms with Gasteiger partial charge in [-0.25, -0.2) is 5.43 Å². The van der Waals surface area contributed by atoms with Crippen LogP contribution < -0.4 is 10.3 Å². The summed E-state index contributed by atoms with van der Waals surface area (Å²) in [5.74, 6) is -0.131. The molecule has 1 aliphatic heterocycles. The topological polar surface area (TPSA) is 57.8 Å². The van der Waals surface area contributed by atoms with Gasteiger partial charge in [-0.05, 0) is 73.7 Å². The van der Waals surface area contributed by atoms with E-state index in [4.69, 9.17) is 4.42 Å². The first-order valence-corrected chi connectivity index (χ1v) is 10.3. The molecule has 0 saturated carbocycles. The molecule has 0 aliphatic carbocycles. The fourth-order valence-electron chi connectivity index (χ4n) is 3.50. The standard InChI is InChI=1S/C22H22BrN3O2/c1-15-11-19(26-9-3-2-4-10-26)7-5-16(15)14-24-25-22(27)21-13-17-12-18(23)6-8-20(17)28-21/h5-8,11-14H,2-4,9-10H2,1H3,(H,25,27). The number of hydrazone groups is 1. The minimum Gasteiger partial charge on any atom is -0.451 e. The van der Waals surface area contributed by atoms with E-state index in [0.29, 0.717) is 5.58 Å². The Balaban J connectivity index is 1.42. The molecule has 0 unspecified atom stereocenters. The Morgan fingerprint density at radius 3 is 2.75 bits per heavy atom.